The molecule has 2 aromatic heterocycles. The van der Waals surface area contributed by atoms with Gasteiger partial charge in [-0.15, -0.1) is 10.2 Å². The van der Waals surface area contributed by atoms with Gasteiger partial charge in [-0.25, -0.2) is 0 Å². The summed E-state index contributed by atoms with van der Waals surface area (Å²) in [5.41, 5.74) is 2.14. The number of fused-ring (bicyclic) bond motifs is 1. The molecule has 0 unspecified atom stereocenters. The molecule has 7 nitrogen and oxygen atoms in total. The number of halogens is 1. The number of benzene rings is 1. The summed E-state index contributed by atoms with van der Waals surface area (Å²) in [6.07, 6.45) is 7.17. The van der Waals surface area contributed by atoms with Crippen molar-refractivity contribution in [2.45, 2.75) is 45.4 Å². The van der Waals surface area contributed by atoms with Gasteiger partial charge in [-0.3, -0.25) is 9.59 Å². The molecule has 3 aromatic rings. The number of nitrogens with one attached hydrogen (secondary N) is 2. The van der Waals surface area contributed by atoms with Gasteiger partial charge >= 0.3 is 0 Å². The third kappa shape index (κ3) is 5.25. The molecule has 1 aliphatic rings. The maximum atomic E-state index is 12.6. The molecule has 0 aliphatic carbocycles. The van der Waals surface area contributed by atoms with Crippen molar-refractivity contribution < 1.29 is 9.59 Å². The Kier molecular flexibility index (Phi) is 6.87. The number of aromatic amines is 1. The standard InChI is InChI=1S/C22H26ClN5O2S/c1-2-3-4-5-19-26-27-22(31-19)25-21(30)15-10-20(29)28(13-15)9-8-14-12-24-18-7-6-16(23)11-17(14)18/h6-7,11-12,15,24H,2-5,8-10,13H2,1H3,(H,25,27,30)/t15-/m1/s1. The van der Waals surface area contributed by atoms with Crippen LogP contribution in [0.3, 0.4) is 0 Å². The number of H-pyrrole nitrogens is 1. The molecule has 3 heterocycles. The number of rotatable bonds is 9. The second-order valence-electron chi connectivity index (χ2n) is 7.94. The van der Waals surface area contributed by atoms with E-state index >= 15 is 0 Å². The zero-order chi connectivity index (χ0) is 21.8. The highest BCUT2D eigenvalue weighted by atomic mass is 35.5. The number of unbranched alkanes of at least 4 members (excludes halogenated alkanes) is 2. The molecule has 4 rings (SSSR count). The number of amides is 2. The van der Waals surface area contributed by atoms with Gasteiger partial charge in [-0.1, -0.05) is 42.7 Å². The van der Waals surface area contributed by atoms with Gasteiger partial charge in [-0.05, 0) is 36.6 Å². The number of anilines is 1. The lowest BCUT2D eigenvalue weighted by Gasteiger charge is -2.16. The Balaban J connectivity index is 1.30. The van der Waals surface area contributed by atoms with Crippen LogP contribution >= 0.6 is 22.9 Å². The number of carbonyl (C=O) groups is 2. The first kappa shape index (κ1) is 21.8. The molecule has 1 atom stereocenters. The zero-order valence-corrected chi connectivity index (χ0v) is 19.1. The van der Waals surface area contributed by atoms with Crippen LogP contribution in [-0.4, -0.2) is 45.0 Å². The molecule has 2 amide bonds. The van der Waals surface area contributed by atoms with Crippen LogP contribution in [0, 0.1) is 5.92 Å². The minimum Gasteiger partial charge on any atom is -0.361 e. The van der Waals surface area contributed by atoms with Crippen molar-refractivity contribution >= 4 is 50.8 Å². The largest absolute Gasteiger partial charge is 0.361 e. The summed E-state index contributed by atoms with van der Waals surface area (Å²) < 4.78 is 0. The predicted octanol–water partition coefficient (Wildman–Crippen LogP) is 4.44. The van der Waals surface area contributed by atoms with Crippen molar-refractivity contribution in [1.29, 1.82) is 0 Å². The van der Waals surface area contributed by atoms with Crippen LogP contribution in [0.25, 0.3) is 10.9 Å². The Morgan fingerprint density at radius 2 is 2.19 bits per heavy atom. The van der Waals surface area contributed by atoms with Crippen molar-refractivity contribution in [3.63, 3.8) is 0 Å². The number of likely N-dealkylation sites (tertiary alicyclic amines) is 1. The van der Waals surface area contributed by atoms with Gasteiger partial charge in [0.25, 0.3) is 0 Å². The van der Waals surface area contributed by atoms with Gasteiger partial charge in [0.15, 0.2) is 0 Å². The topological polar surface area (TPSA) is 91.0 Å². The first-order valence-corrected chi connectivity index (χ1v) is 11.9. The SMILES string of the molecule is CCCCCc1nnc(NC(=O)[C@@H]2CC(=O)N(CCc3c[nH]c4ccc(Cl)cc34)C2)s1. The Morgan fingerprint density at radius 1 is 1.32 bits per heavy atom. The van der Waals surface area contributed by atoms with Crippen molar-refractivity contribution in [3.8, 4) is 0 Å². The lowest BCUT2D eigenvalue weighted by Crippen LogP contribution is -2.30. The normalized spacial score (nSPS) is 16.4. The fourth-order valence-corrected chi connectivity index (χ4v) is 4.87. The Hall–Kier alpha value is -2.45. The fourth-order valence-electron chi connectivity index (χ4n) is 3.92. The molecule has 2 N–H and O–H groups in total. The number of hydrogen-bond donors (Lipinski definition) is 2. The molecular formula is C22H26ClN5O2S. The van der Waals surface area contributed by atoms with Gasteiger partial charge in [-0.2, -0.15) is 0 Å². The second-order valence-corrected chi connectivity index (χ2v) is 9.44. The molecule has 1 aromatic carbocycles. The first-order valence-electron chi connectivity index (χ1n) is 10.7. The molecule has 0 bridgehead atoms. The quantitative estimate of drug-likeness (QED) is 0.463. The maximum absolute atomic E-state index is 12.6. The van der Waals surface area contributed by atoms with E-state index in [1.807, 2.05) is 24.4 Å². The van der Waals surface area contributed by atoms with Crippen LogP contribution in [-0.2, 0) is 22.4 Å². The minimum atomic E-state index is -0.364. The third-order valence-corrected chi connectivity index (χ3v) is 6.79. The van der Waals surface area contributed by atoms with Gasteiger partial charge in [0.05, 0.1) is 5.92 Å². The summed E-state index contributed by atoms with van der Waals surface area (Å²) in [5.74, 6) is -0.515. The van der Waals surface area contributed by atoms with Gasteiger partial charge in [0, 0.05) is 48.1 Å². The number of hydrogen-bond acceptors (Lipinski definition) is 5. The van der Waals surface area contributed by atoms with E-state index in [2.05, 4.69) is 27.4 Å². The lowest BCUT2D eigenvalue weighted by atomic mass is 10.1. The molecule has 9 heteroatoms. The van der Waals surface area contributed by atoms with Crippen molar-refractivity contribution in [2.75, 3.05) is 18.4 Å². The van der Waals surface area contributed by atoms with Crippen molar-refractivity contribution in [1.82, 2.24) is 20.1 Å². The second kappa shape index (κ2) is 9.78. The Morgan fingerprint density at radius 3 is 3.03 bits per heavy atom. The molecule has 1 fully saturated rings. The molecule has 0 spiro atoms. The number of aromatic nitrogens is 3. The highest BCUT2D eigenvalue weighted by molar-refractivity contribution is 7.15. The fraction of sp³-hybridized carbons (Fsp3) is 0.455. The highest BCUT2D eigenvalue weighted by Gasteiger charge is 2.34. The summed E-state index contributed by atoms with van der Waals surface area (Å²) in [6.45, 7) is 3.16. The Bertz CT molecular complexity index is 1080. The van der Waals surface area contributed by atoms with Crippen LogP contribution in [0.5, 0.6) is 0 Å². The lowest BCUT2D eigenvalue weighted by molar-refractivity contribution is -0.128. The molecule has 0 saturated carbocycles. The van der Waals surface area contributed by atoms with E-state index < -0.39 is 0 Å². The number of aryl methyl sites for hydroxylation is 1. The average molecular weight is 460 g/mol. The number of nitrogens with zero attached hydrogens (tertiary/aromatic N) is 3. The smallest absolute Gasteiger partial charge is 0.231 e. The predicted molar refractivity (Wildman–Crippen MR) is 123 cm³/mol. The minimum absolute atomic E-state index is 0.00976. The van der Waals surface area contributed by atoms with E-state index in [1.165, 1.54) is 11.3 Å². The van der Waals surface area contributed by atoms with Crippen LogP contribution in [0.15, 0.2) is 24.4 Å². The van der Waals surface area contributed by atoms with Gasteiger partial charge < -0.3 is 15.2 Å². The van der Waals surface area contributed by atoms with E-state index in [1.54, 1.807) is 4.90 Å². The van der Waals surface area contributed by atoms with Crippen molar-refractivity contribution in [2.24, 2.45) is 5.92 Å². The van der Waals surface area contributed by atoms with Gasteiger partial charge in [0.2, 0.25) is 16.9 Å². The van der Waals surface area contributed by atoms with Crippen molar-refractivity contribution in [3.05, 3.63) is 40.0 Å². The van der Waals surface area contributed by atoms with Crippen LogP contribution in [0.2, 0.25) is 5.02 Å². The van der Waals surface area contributed by atoms with Gasteiger partial charge in [0.1, 0.15) is 5.01 Å². The van der Waals surface area contributed by atoms with E-state index in [-0.39, 0.29) is 24.2 Å². The maximum Gasteiger partial charge on any atom is 0.231 e. The third-order valence-electron chi connectivity index (χ3n) is 5.66. The van der Waals surface area contributed by atoms with E-state index in [9.17, 15) is 9.59 Å². The molecule has 1 aliphatic heterocycles. The molecular weight excluding hydrogens is 434 g/mol. The summed E-state index contributed by atoms with van der Waals surface area (Å²) >= 11 is 7.54. The summed E-state index contributed by atoms with van der Waals surface area (Å²) in [7, 11) is 0. The van der Waals surface area contributed by atoms with E-state index in [4.69, 9.17) is 11.6 Å². The monoisotopic (exact) mass is 459 g/mol. The van der Waals surface area contributed by atoms with E-state index in [0.717, 1.165) is 47.2 Å². The average Bonchev–Trinajstić information content (AvgIpc) is 3.45. The summed E-state index contributed by atoms with van der Waals surface area (Å²) in [5, 5.41) is 14.3. The number of carbonyl (C=O) groups excluding carboxylic acids is 2. The van der Waals surface area contributed by atoms with Crippen LogP contribution in [0.1, 0.15) is 43.2 Å². The highest BCUT2D eigenvalue weighted by Crippen LogP contribution is 2.25. The van der Waals surface area contributed by atoms with Crippen LogP contribution < -0.4 is 5.32 Å². The zero-order valence-electron chi connectivity index (χ0n) is 17.5. The van der Waals surface area contributed by atoms with Crippen LogP contribution in [0.4, 0.5) is 5.13 Å². The first-order chi connectivity index (χ1) is 15.0. The molecule has 164 valence electrons. The van der Waals surface area contributed by atoms with E-state index in [0.29, 0.717) is 29.7 Å². The molecule has 0 radical (unpaired) electrons. The molecule has 1 saturated heterocycles. The summed E-state index contributed by atoms with van der Waals surface area (Å²) in [4.78, 5) is 30.1. The molecule has 31 heavy (non-hydrogen) atoms. The summed E-state index contributed by atoms with van der Waals surface area (Å²) in [6, 6.07) is 5.73. The Labute approximate surface area is 190 Å².